The summed E-state index contributed by atoms with van der Waals surface area (Å²) < 4.78 is 32.7. The molecule has 8 nitrogen and oxygen atoms in total. The minimum Gasteiger partial charge on any atom is -0.350 e. The van der Waals surface area contributed by atoms with E-state index in [1.165, 1.54) is 0 Å². The van der Waals surface area contributed by atoms with Gasteiger partial charge in [-0.25, -0.2) is 19.5 Å². The van der Waals surface area contributed by atoms with Crippen molar-refractivity contribution in [3.05, 3.63) is 42.2 Å². The summed E-state index contributed by atoms with van der Waals surface area (Å²) in [6.07, 6.45) is 11.0. The first-order valence-electron chi connectivity index (χ1n) is 9.60. The number of imidazole rings is 1. The summed E-state index contributed by atoms with van der Waals surface area (Å²) in [5, 5.41) is 8.31. The van der Waals surface area contributed by atoms with Gasteiger partial charge >= 0.3 is 6.61 Å². The molecule has 1 N–H and O–H groups in total. The van der Waals surface area contributed by atoms with Gasteiger partial charge in [0.1, 0.15) is 5.15 Å². The maximum absolute atomic E-state index is 12.3. The van der Waals surface area contributed by atoms with E-state index >= 15 is 0 Å². The molecule has 1 aliphatic rings. The van der Waals surface area contributed by atoms with Gasteiger partial charge in [0.15, 0.2) is 0 Å². The van der Waals surface area contributed by atoms with Crippen LogP contribution in [-0.2, 0) is 4.74 Å². The summed E-state index contributed by atoms with van der Waals surface area (Å²) in [7, 11) is 0. The van der Waals surface area contributed by atoms with Gasteiger partial charge in [0.05, 0.1) is 24.0 Å². The molecule has 0 saturated heterocycles. The number of alkyl halides is 2. The number of hydrogen-bond acceptors (Lipinski definition) is 6. The van der Waals surface area contributed by atoms with E-state index in [9.17, 15) is 8.78 Å². The summed E-state index contributed by atoms with van der Waals surface area (Å²) in [4.78, 5) is 12.9. The van der Waals surface area contributed by atoms with Crippen LogP contribution in [0.2, 0.25) is 5.15 Å². The lowest BCUT2D eigenvalue weighted by Crippen LogP contribution is -2.31. The van der Waals surface area contributed by atoms with Crippen LogP contribution in [0.4, 0.5) is 14.7 Å². The predicted octanol–water partition coefficient (Wildman–Crippen LogP) is 4.05. The van der Waals surface area contributed by atoms with Gasteiger partial charge in [-0.05, 0) is 31.7 Å². The highest BCUT2D eigenvalue weighted by molar-refractivity contribution is 6.29. The predicted molar refractivity (Wildman–Crippen MR) is 107 cm³/mol. The Balaban J connectivity index is 1.33. The van der Waals surface area contributed by atoms with E-state index in [1.807, 2.05) is 18.5 Å². The third-order valence-electron chi connectivity index (χ3n) is 5.35. The normalized spacial score (nSPS) is 19.7. The second-order valence-corrected chi connectivity index (χ2v) is 7.64. The molecule has 30 heavy (non-hydrogen) atoms. The third kappa shape index (κ3) is 3.68. The molecule has 0 amide bonds. The number of nitrogens with one attached hydrogen (secondary N) is 1. The number of rotatable bonds is 5. The van der Waals surface area contributed by atoms with Crippen molar-refractivity contribution in [1.82, 2.24) is 29.0 Å². The fourth-order valence-electron chi connectivity index (χ4n) is 3.87. The van der Waals surface area contributed by atoms with Crippen LogP contribution in [0.5, 0.6) is 0 Å². The number of halogens is 3. The highest BCUT2D eigenvalue weighted by atomic mass is 35.5. The van der Waals surface area contributed by atoms with Crippen LogP contribution < -0.4 is 5.32 Å². The van der Waals surface area contributed by atoms with E-state index in [2.05, 4.69) is 30.1 Å². The van der Waals surface area contributed by atoms with Crippen molar-refractivity contribution in [2.75, 3.05) is 5.32 Å². The molecule has 5 rings (SSSR count). The number of hydrogen-bond donors (Lipinski definition) is 1. The van der Waals surface area contributed by atoms with Gasteiger partial charge in [0.2, 0.25) is 11.7 Å². The molecule has 4 aromatic rings. The maximum atomic E-state index is 12.3. The Morgan fingerprint density at radius 3 is 2.70 bits per heavy atom. The van der Waals surface area contributed by atoms with Gasteiger partial charge in [-0.2, -0.15) is 8.78 Å². The second kappa shape index (κ2) is 7.77. The Morgan fingerprint density at radius 2 is 1.90 bits per heavy atom. The zero-order valence-electron chi connectivity index (χ0n) is 15.8. The Kier molecular flexibility index (Phi) is 4.95. The Morgan fingerprint density at radius 1 is 1.10 bits per heavy atom. The van der Waals surface area contributed by atoms with Crippen molar-refractivity contribution >= 4 is 28.8 Å². The summed E-state index contributed by atoms with van der Waals surface area (Å²) >= 11 is 6.15. The second-order valence-electron chi connectivity index (χ2n) is 7.25. The number of anilines is 1. The van der Waals surface area contributed by atoms with Gasteiger partial charge in [0, 0.05) is 35.8 Å². The molecule has 1 saturated carbocycles. The molecule has 0 spiro atoms. The molecule has 0 radical (unpaired) electrons. The minimum atomic E-state index is -2.71. The van der Waals surface area contributed by atoms with Crippen LogP contribution in [0.15, 0.2) is 37.1 Å². The zero-order valence-corrected chi connectivity index (χ0v) is 16.5. The number of nitrogens with zero attached hydrogens (tertiary/aromatic N) is 6. The van der Waals surface area contributed by atoms with Crippen molar-refractivity contribution < 1.29 is 13.5 Å². The molecular weight excluding hydrogens is 416 g/mol. The monoisotopic (exact) mass is 433 g/mol. The van der Waals surface area contributed by atoms with Crippen LogP contribution in [0.1, 0.15) is 25.7 Å². The van der Waals surface area contributed by atoms with E-state index in [0.29, 0.717) is 29.7 Å². The molecule has 1 fully saturated rings. The third-order valence-corrected chi connectivity index (χ3v) is 5.63. The lowest BCUT2D eigenvalue weighted by molar-refractivity contribution is -0.169. The van der Waals surface area contributed by atoms with Crippen LogP contribution in [0, 0.1) is 0 Å². The molecule has 0 bridgehead atoms. The average molecular weight is 434 g/mol. The topological polar surface area (TPSA) is 81.6 Å². The van der Waals surface area contributed by atoms with Crippen LogP contribution in [-0.4, -0.2) is 47.7 Å². The van der Waals surface area contributed by atoms with Gasteiger partial charge < -0.3 is 10.1 Å². The SMILES string of the molecule is FC(F)O[C@H]1CC[C@H](Nc2ncc3c(-c4cnc5ncc(Cl)n5c4)ccn3n2)CC1. The standard InChI is InChI=1S/C19H18ClF2N7O/c20-16-9-25-19-24-7-11(10-28(16)19)14-5-6-29-15(14)8-23-18(27-29)26-12-1-3-13(4-2-12)30-17(21)22/h5-10,12-13,17H,1-4H2,(H,26,27)/t12-,13-. The van der Waals surface area contributed by atoms with Gasteiger partial charge in [0.25, 0.3) is 0 Å². The van der Waals surface area contributed by atoms with E-state index < -0.39 is 6.61 Å². The Bertz CT molecular complexity index is 1190. The quantitative estimate of drug-likeness (QED) is 0.511. The van der Waals surface area contributed by atoms with Crippen LogP contribution in [0.25, 0.3) is 22.4 Å². The zero-order chi connectivity index (χ0) is 20.7. The first-order valence-corrected chi connectivity index (χ1v) is 9.98. The lowest BCUT2D eigenvalue weighted by Gasteiger charge is -2.28. The highest BCUT2D eigenvalue weighted by Gasteiger charge is 2.24. The van der Waals surface area contributed by atoms with E-state index in [4.69, 9.17) is 11.6 Å². The first kappa shape index (κ1) is 19.1. The largest absolute Gasteiger partial charge is 0.350 e. The summed E-state index contributed by atoms with van der Waals surface area (Å²) in [6.45, 7) is -2.71. The van der Waals surface area contributed by atoms with E-state index in [-0.39, 0.29) is 12.1 Å². The maximum Gasteiger partial charge on any atom is 0.345 e. The molecule has 0 atom stereocenters. The van der Waals surface area contributed by atoms with Crippen molar-refractivity contribution in [1.29, 1.82) is 0 Å². The van der Waals surface area contributed by atoms with Crippen LogP contribution >= 0.6 is 11.6 Å². The van der Waals surface area contributed by atoms with Crippen molar-refractivity contribution in [3.63, 3.8) is 0 Å². The first-order chi connectivity index (χ1) is 14.6. The lowest BCUT2D eigenvalue weighted by atomic mass is 9.93. The van der Waals surface area contributed by atoms with Gasteiger partial charge in [-0.3, -0.25) is 4.40 Å². The van der Waals surface area contributed by atoms with Crippen molar-refractivity contribution in [2.45, 2.75) is 44.4 Å². The highest BCUT2D eigenvalue weighted by Crippen LogP contribution is 2.27. The van der Waals surface area contributed by atoms with Gasteiger partial charge in [-0.15, -0.1) is 5.10 Å². The molecule has 4 aromatic heterocycles. The van der Waals surface area contributed by atoms with E-state index in [0.717, 1.165) is 29.5 Å². The molecule has 11 heteroatoms. The molecule has 156 valence electrons. The Hall–Kier alpha value is -2.85. The molecular formula is C19H18ClF2N7O. The van der Waals surface area contributed by atoms with E-state index in [1.54, 1.807) is 27.5 Å². The molecule has 0 unspecified atom stereocenters. The molecule has 1 aliphatic carbocycles. The number of ether oxygens (including phenoxy) is 1. The van der Waals surface area contributed by atoms with Crippen molar-refractivity contribution in [3.8, 4) is 11.1 Å². The molecule has 4 heterocycles. The molecule has 0 aliphatic heterocycles. The average Bonchev–Trinajstić information content (AvgIpc) is 3.32. The van der Waals surface area contributed by atoms with Crippen LogP contribution in [0.3, 0.4) is 0 Å². The fourth-order valence-corrected chi connectivity index (χ4v) is 4.04. The van der Waals surface area contributed by atoms with Gasteiger partial charge in [-0.1, -0.05) is 11.6 Å². The fraction of sp³-hybridized carbons (Fsp3) is 0.368. The molecule has 0 aromatic carbocycles. The summed E-state index contributed by atoms with van der Waals surface area (Å²) in [5.74, 6) is 1.03. The minimum absolute atomic E-state index is 0.130. The number of aromatic nitrogens is 6. The Labute approximate surface area is 174 Å². The smallest absolute Gasteiger partial charge is 0.345 e. The summed E-state index contributed by atoms with van der Waals surface area (Å²) in [6, 6.07) is 2.07. The summed E-state index contributed by atoms with van der Waals surface area (Å²) in [5.41, 5.74) is 2.61. The van der Waals surface area contributed by atoms with Crippen molar-refractivity contribution in [2.24, 2.45) is 0 Å². The number of fused-ring (bicyclic) bond motifs is 2.